The van der Waals surface area contributed by atoms with E-state index in [2.05, 4.69) is 31.9 Å². The lowest BCUT2D eigenvalue weighted by atomic mass is 9.76. The van der Waals surface area contributed by atoms with Gasteiger partial charge in [0.1, 0.15) is 5.75 Å². The van der Waals surface area contributed by atoms with Gasteiger partial charge in [0.05, 0.1) is 16.7 Å². The predicted molar refractivity (Wildman–Crippen MR) is 89.0 cm³/mol. The second kappa shape index (κ2) is 7.02. The summed E-state index contributed by atoms with van der Waals surface area (Å²) in [6.07, 6.45) is 6.31. The molecular formula is C14H16Br2Cl2O. The highest BCUT2D eigenvalue weighted by Crippen LogP contribution is 2.40. The molecule has 1 aliphatic carbocycles. The number of ether oxygens (including phenoxy) is 1. The molecule has 0 N–H and O–H groups in total. The molecule has 5 heteroatoms. The number of alkyl halides is 1. The lowest BCUT2D eigenvalue weighted by Crippen LogP contribution is -2.32. The predicted octanol–water partition coefficient (Wildman–Crippen LogP) is 6.48. The third-order valence-electron chi connectivity index (χ3n) is 3.71. The van der Waals surface area contributed by atoms with Gasteiger partial charge in [-0.2, -0.15) is 0 Å². The van der Waals surface area contributed by atoms with E-state index in [1.807, 2.05) is 0 Å². The fourth-order valence-corrected chi connectivity index (χ4v) is 4.03. The van der Waals surface area contributed by atoms with Crippen LogP contribution in [0.1, 0.15) is 32.1 Å². The van der Waals surface area contributed by atoms with E-state index < -0.39 is 0 Å². The van der Waals surface area contributed by atoms with Crippen LogP contribution in [0.25, 0.3) is 0 Å². The minimum atomic E-state index is 0.237. The molecule has 0 radical (unpaired) electrons. The van der Waals surface area contributed by atoms with E-state index in [4.69, 9.17) is 27.9 Å². The summed E-state index contributed by atoms with van der Waals surface area (Å²) >= 11 is 19.3. The van der Waals surface area contributed by atoms with Crippen molar-refractivity contribution >= 4 is 55.1 Å². The second-order valence-corrected chi connectivity index (χ2v) is 7.41. The number of benzene rings is 1. The molecule has 0 amide bonds. The summed E-state index contributed by atoms with van der Waals surface area (Å²) in [5.41, 5.74) is 0.237. The number of rotatable bonds is 4. The molecule has 1 fully saturated rings. The van der Waals surface area contributed by atoms with Gasteiger partial charge in [0.2, 0.25) is 0 Å². The molecule has 0 unspecified atom stereocenters. The second-order valence-electron chi connectivity index (χ2n) is 5.18. The maximum absolute atomic E-state index is 6.18. The Hall–Kier alpha value is 0.560. The summed E-state index contributed by atoms with van der Waals surface area (Å²) < 4.78 is 6.73. The summed E-state index contributed by atoms with van der Waals surface area (Å²) in [7, 11) is 0. The number of hydrogen-bond donors (Lipinski definition) is 0. The lowest BCUT2D eigenvalue weighted by Gasteiger charge is -2.35. The fraction of sp³-hybridized carbons (Fsp3) is 0.571. The van der Waals surface area contributed by atoms with Crippen molar-refractivity contribution < 1.29 is 4.74 Å². The molecule has 1 aromatic carbocycles. The average Bonchev–Trinajstić information content (AvgIpc) is 2.42. The molecule has 106 valence electrons. The topological polar surface area (TPSA) is 9.23 Å². The minimum Gasteiger partial charge on any atom is -0.491 e. The van der Waals surface area contributed by atoms with Crippen LogP contribution in [0, 0.1) is 5.41 Å². The zero-order valence-electron chi connectivity index (χ0n) is 10.5. The molecular weight excluding hydrogens is 415 g/mol. The van der Waals surface area contributed by atoms with Gasteiger partial charge in [-0.05, 0) is 34.8 Å². The molecule has 0 heterocycles. The number of halogens is 4. The normalized spacial score (nSPS) is 18.3. The first-order valence-corrected chi connectivity index (χ1v) is 9.07. The van der Waals surface area contributed by atoms with Gasteiger partial charge in [-0.1, -0.05) is 58.4 Å². The maximum atomic E-state index is 6.18. The zero-order valence-corrected chi connectivity index (χ0v) is 15.2. The fourth-order valence-electron chi connectivity index (χ4n) is 2.46. The summed E-state index contributed by atoms with van der Waals surface area (Å²) in [4.78, 5) is 0. The molecule has 2 rings (SSSR count). The Morgan fingerprint density at radius 3 is 2.42 bits per heavy atom. The summed E-state index contributed by atoms with van der Waals surface area (Å²) in [6.45, 7) is 0.690. The van der Waals surface area contributed by atoms with Crippen molar-refractivity contribution in [2.75, 3.05) is 11.9 Å². The summed E-state index contributed by atoms with van der Waals surface area (Å²) in [5.74, 6) is 0.667. The SMILES string of the molecule is Clc1cc(OCC2(CBr)CCCCC2)c(Cl)cc1Br. The summed E-state index contributed by atoms with van der Waals surface area (Å²) in [6, 6.07) is 3.56. The van der Waals surface area contributed by atoms with Crippen molar-refractivity contribution in [3.8, 4) is 5.75 Å². The van der Waals surface area contributed by atoms with Crippen molar-refractivity contribution in [2.24, 2.45) is 5.41 Å². The van der Waals surface area contributed by atoms with Crippen molar-refractivity contribution in [1.82, 2.24) is 0 Å². The van der Waals surface area contributed by atoms with Gasteiger partial charge < -0.3 is 4.74 Å². The number of hydrogen-bond acceptors (Lipinski definition) is 1. The third kappa shape index (κ3) is 4.03. The van der Waals surface area contributed by atoms with Crippen molar-refractivity contribution in [3.05, 3.63) is 26.7 Å². The Morgan fingerprint density at radius 1 is 1.11 bits per heavy atom. The summed E-state index contributed by atoms with van der Waals surface area (Å²) in [5, 5.41) is 2.19. The molecule has 1 aliphatic rings. The molecule has 1 nitrogen and oxygen atoms in total. The van der Waals surface area contributed by atoms with Crippen LogP contribution in [-0.2, 0) is 0 Å². The molecule has 0 bridgehead atoms. The molecule has 0 spiro atoms. The Labute approximate surface area is 141 Å². The first kappa shape index (κ1) is 15.9. The monoisotopic (exact) mass is 428 g/mol. The van der Waals surface area contributed by atoms with Crippen LogP contribution in [0.2, 0.25) is 10.0 Å². The van der Waals surface area contributed by atoms with Gasteiger partial charge in [0, 0.05) is 21.3 Å². The third-order valence-corrected chi connectivity index (χ3v) is 6.39. The lowest BCUT2D eigenvalue weighted by molar-refractivity contribution is 0.122. The van der Waals surface area contributed by atoms with E-state index in [-0.39, 0.29) is 5.41 Å². The highest BCUT2D eigenvalue weighted by Gasteiger charge is 2.32. The van der Waals surface area contributed by atoms with Crippen LogP contribution in [0.4, 0.5) is 0 Å². The van der Waals surface area contributed by atoms with Crippen LogP contribution in [0.3, 0.4) is 0 Å². The quantitative estimate of drug-likeness (QED) is 0.392. The first-order chi connectivity index (χ1) is 9.06. The minimum absolute atomic E-state index is 0.237. The Bertz CT molecular complexity index is 445. The van der Waals surface area contributed by atoms with Gasteiger partial charge in [-0.15, -0.1) is 0 Å². The molecule has 0 atom stereocenters. The van der Waals surface area contributed by atoms with Crippen molar-refractivity contribution in [2.45, 2.75) is 32.1 Å². The van der Waals surface area contributed by atoms with E-state index >= 15 is 0 Å². The standard InChI is InChI=1S/C14H16Br2Cl2O/c15-8-14(4-2-1-3-5-14)9-19-13-7-11(17)10(16)6-12(13)18/h6-7H,1-5,8-9H2. The largest absolute Gasteiger partial charge is 0.491 e. The van der Waals surface area contributed by atoms with Crippen LogP contribution < -0.4 is 4.74 Å². The molecule has 0 aromatic heterocycles. The smallest absolute Gasteiger partial charge is 0.139 e. The van der Waals surface area contributed by atoms with Gasteiger partial charge in [0.25, 0.3) is 0 Å². The average molecular weight is 431 g/mol. The first-order valence-electron chi connectivity index (χ1n) is 6.40. The van der Waals surface area contributed by atoms with Gasteiger partial charge in [-0.25, -0.2) is 0 Å². The van der Waals surface area contributed by atoms with Gasteiger partial charge in [-0.3, -0.25) is 0 Å². The highest BCUT2D eigenvalue weighted by molar-refractivity contribution is 9.10. The van der Waals surface area contributed by atoms with Crippen molar-refractivity contribution in [1.29, 1.82) is 0 Å². The van der Waals surface area contributed by atoms with Crippen LogP contribution >= 0.6 is 55.1 Å². The highest BCUT2D eigenvalue weighted by atomic mass is 79.9. The zero-order chi connectivity index (χ0) is 13.9. The maximum Gasteiger partial charge on any atom is 0.139 e. The molecule has 0 saturated heterocycles. The van der Waals surface area contributed by atoms with Crippen molar-refractivity contribution in [3.63, 3.8) is 0 Å². The van der Waals surface area contributed by atoms with E-state index in [0.29, 0.717) is 22.4 Å². The Morgan fingerprint density at radius 2 is 1.79 bits per heavy atom. The van der Waals surface area contributed by atoms with Crippen LogP contribution in [0.5, 0.6) is 5.75 Å². The van der Waals surface area contributed by atoms with E-state index in [0.717, 1.165) is 9.80 Å². The van der Waals surface area contributed by atoms with Gasteiger partial charge >= 0.3 is 0 Å². The molecule has 1 saturated carbocycles. The Balaban J connectivity index is 2.07. The van der Waals surface area contributed by atoms with E-state index in [9.17, 15) is 0 Å². The van der Waals surface area contributed by atoms with E-state index in [1.165, 1.54) is 32.1 Å². The molecule has 0 aliphatic heterocycles. The van der Waals surface area contributed by atoms with Crippen LogP contribution in [-0.4, -0.2) is 11.9 Å². The molecule has 1 aromatic rings. The Kier molecular flexibility index (Phi) is 5.89. The molecule has 19 heavy (non-hydrogen) atoms. The van der Waals surface area contributed by atoms with Crippen LogP contribution in [0.15, 0.2) is 16.6 Å². The van der Waals surface area contributed by atoms with E-state index in [1.54, 1.807) is 12.1 Å². The van der Waals surface area contributed by atoms with Gasteiger partial charge in [0.15, 0.2) is 0 Å².